The monoisotopic (exact) mass is 338 g/mol. The minimum absolute atomic E-state index is 0.00276. The molecule has 5 nitrogen and oxygen atoms in total. The van der Waals surface area contributed by atoms with Crippen molar-refractivity contribution in [3.8, 4) is 5.75 Å². The lowest BCUT2D eigenvalue weighted by atomic mass is 10.0. The molecule has 0 saturated carbocycles. The first-order valence-electron chi connectivity index (χ1n) is 6.73. The normalized spacial score (nSPS) is 20.8. The highest BCUT2D eigenvalue weighted by molar-refractivity contribution is 7.90. The van der Waals surface area contributed by atoms with Crippen LogP contribution in [0.25, 0.3) is 0 Å². The number of rotatable bonds is 5. The van der Waals surface area contributed by atoms with Crippen LogP contribution in [0.15, 0.2) is 18.3 Å². The summed E-state index contributed by atoms with van der Waals surface area (Å²) in [6.45, 7) is 1.38. The van der Waals surface area contributed by atoms with Crippen molar-refractivity contribution < 1.29 is 26.3 Å². The number of ether oxygens (including phenoxy) is 1. The van der Waals surface area contributed by atoms with E-state index in [2.05, 4.69) is 10.3 Å². The second-order valence-electron chi connectivity index (χ2n) is 5.38. The van der Waals surface area contributed by atoms with Crippen molar-refractivity contribution in [2.75, 3.05) is 25.1 Å². The molecule has 9 heteroatoms. The molecule has 2 atom stereocenters. The number of hydrogen-bond donors (Lipinski definition) is 1. The van der Waals surface area contributed by atoms with Crippen LogP contribution in [-0.4, -0.2) is 44.6 Å². The molecule has 1 aromatic rings. The average Bonchev–Trinajstić information content (AvgIpc) is 2.89. The molecule has 0 bridgehead atoms. The number of sulfone groups is 1. The smallest absolute Gasteiger partial charge is 0.433 e. The van der Waals surface area contributed by atoms with E-state index in [0.29, 0.717) is 6.54 Å². The number of halogens is 3. The molecule has 1 saturated heterocycles. The Bertz CT molecular complexity index is 596. The summed E-state index contributed by atoms with van der Waals surface area (Å²) >= 11 is 0. The van der Waals surface area contributed by atoms with Crippen LogP contribution in [0.5, 0.6) is 5.75 Å². The third-order valence-electron chi connectivity index (χ3n) is 3.41. The Kier molecular flexibility index (Phi) is 4.96. The van der Waals surface area contributed by atoms with E-state index in [-0.39, 0.29) is 17.4 Å². The van der Waals surface area contributed by atoms with Gasteiger partial charge >= 0.3 is 6.18 Å². The van der Waals surface area contributed by atoms with E-state index in [4.69, 9.17) is 4.74 Å². The van der Waals surface area contributed by atoms with Crippen molar-refractivity contribution in [1.29, 1.82) is 0 Å². The number of alkyl halides is 3. The summed E-state index contributed by atoms with van der Waals surface area (Å²) in [6, 6.07) is 1.98. The van der Waals surface area contributed by atoms with Crippen LogP contribution < -0.4 is 10.1 Å². The molecule has 0 aliphatic carbocycles. The molecular weight excluding hydrogens is 321 g/mol. The van der Waals surface area contributed by atoms with Crippen molar-refractivity contribution in [2.24, 2.45) is 5.92 Å². The fraction of sp³-hybridized carbons (Fsp3) is 0.615. The Balaban J connectivity index is 2.12. The van der Waals surface area contributed by atoms with E-state index in [1.165, 1.54) is 0 Å². The minimum Gasteiger partial charge on any atom is -0.487 e. The van der Waals surface area contributed by atoms with Gasteiger partial charge in [0.05, 0.1) is 11.9 Å². The largest absolute Gasteiger partial charge is 0.487 e. The molecule has 1 aliphatic rings. The van der Waals surface area contributed by atoms with Crippen LogP contribution in [0.3, 0.4) is 0 Å². The molecule has 22 heavy (non-hydrogen) atoms. The Hall–Kier alpha value is -1.35. The number of aromatic nitrogens is 1. The van der Waals surface area contributed by atoms with E-state index < -0.39 is 27.8 Å². The van der Waals surface area contributed by atoms with Gasteiger partial charge in [0.15, 0.2) is 9.84 Å². The highest BCUT2D eigenvalue weighted by Gasteiger charge is 2.33. The molecule has 1 fully saturated rings. The van der Waals surface area contributed by atoms with Gasteiger partial charge in [0.25, 0.3) is 0 Å². The van der Waals surface area contributed by atoms with Crippen LogP contribution in [0.1, 0.15) is 12.1 Å². The van der Waals surface area contributed by atoms with Gasteiger partial charge in [-0.25, -0.2) is 13.4 Å². The van der Waals surface area contributed by atoms with E-state index in [9.17, 15) is 21.6 Å². The zero-order chi connectivity index (χ0) is 16.4. The molecule has 1 aromatic heterocycles. The maximum absolute atomic E-state index is 12.5. The maximum atomic E-state index is 12.5. The average molecular weight is 338 g/mol. The van der Waals surface area contributed by atoms with Gasteiger partial charge in [-0.1, -0.05) is 0 Å². The highest BCUT2D eigenvalue weighted by Crippen LogP contribution is 2.29. The third-order valence-corrected chi connectivity index (χ3v) is 4.34. The van der Waals surface area contributed by atoms with Crippen molar-refractivity contribution in [2.45, 2.75) is 18.7 Å². The van der Waals surface area contributed by atoms with Gasteiger partial charge in [-0.05, 0) is 25.1 Å². The molecule has 0 aromatic carbocycles. The summed E-state index contributed by atoms with van der Waals surface area (Å²) in [4.78, 5) is 3.31. The zero-order valence-electron chi connectivity index (χ0n) is 11.9. The Morgan fingerprint density at radius 1 is 1.45 bits per heavy atom. The van der Waals surface area contributed by atoms with Gasteiger partial charge in [-0.15, -0.1) is 0 Å². The summed E-state index contributed by atoms with van der Waals surface area (Å²) in [7, 11) is -3.27. The lowest BCUT2D eigenvalue weighted by molar-refractivity contribution is -0.141. The summed E-state index contributed by atoms with van der Waals surface area (Å²) in [5.41, 5.74) is -1.01. The standard InChI is InChI=1S/C13H17F3N2O3S/c1-22(19,20)8-11(9-4-5-17-6-9)21-10-2-3-12(18-7-10)13(14,15)16/h2-3,7,9,11,17H,4-6,8H2,1H3/t9-,11+/m0/s1. The van der Waals surface area contributed by atoms with Crippen LogP contribution in [0.2, 0.25) is 0 Å². The molecular formula is C13H17F3N2O3S. The van der Waals surface area contributed by atoms with Crippen molar-refractivity contribution in [1.82, 2.24) is 10.3 Å². The molecule has 0 radical (unpaired) electrons. The van der Waals surface area contributed by atoms with Gasteiger partial charge < -0.3 is 10.1 Å². The summed E-state index contributed by atoms with van der Waals surface area (Å²) < 4.78 is 66.0. The van der Waals surface area contributed by atoms with Gasteiger partial charge in [0.1, 0.15) is 17.5 Å². The topological polar surface area (TPSA) is 68.3 Å². The van der Waals surface area contributed by atoms with Crippen LogP contribution in [-0.2, 0) is 16.0 Å². The van der Waals surface area contributed by atoms with Crippen molar-refractivity contribution in [3.05, 3.63) is 24.0 Å². The predicted molar refractivity (Wildman–Crippen MR) is 74.3 cm³/mol. The molecule has 2 heterocycles. The second-order valence-corrected chi connectivity index (χ2v) is 7.56. The molecule has 1 N–H and O–H groups in total. The fourth-order valence-corrected chi connectivity index (χ4v) is 3.29. The summed E-state index contributed by atoms with van der Waals surface area (Å²) in [6.07, 6.45) is -2.28. The molecule has 0 unspecified atom stereocenters. The zero-order valence-corrected chi connectivity index (χ0v) is 12.7. The van der Waals surface area contributed by atoms with Crippen molar-refractivity contribution >= 4 is 9.84 Å². The summed E-state index contributed by atoms with van der Waals surface area (Å²) in [5.74, 6) is -0.0500. The Labute approximate surface area is 126 Å². The Morgan fingerprint density at radius 3 is 2.64 bits per heavy atom. The molecule has 2 rings (SSSR count). The number of nitrogens with one attached hydrogen (secondary N) is 1. The van der Waals surface area contributed by atoms with Crippen LogP contribution in [0, 0.1) is 5.92 Å². The Morgan fingerprint density at radius 2 is 2.18 bits per heavy atom. The first kappa shape index (κ1) is 17.0. The van der Waals surface area contributed by atoms with Crippen LogP contribution >= 0.6 is 0 Å². The number of hydrogen-bond acceptors (Lipinski definition) is 5. The first-order valence-corrected chi connectivity index (χ1v) is 8.79. The van der Waals surface area contributed by atoms with Crippen molar-refractivity contribution in [3.63, 3.8) is 0 Å². The molecule has 124 valence electrons. The van der Waals surface area contributed by atoms with E-state index in [0.717, 1.165) is 37.6 Å². The fourth-order valence-electron chi connectivity index (χ4n) is 2.35. The van der Waals surface area contributed by atoms with Gasteiger partial charge in [0.2, 0.25) is 0 Å². The second kappa shape index (κ2) is 6.41. The predicted octanol–water partition coefficient (Wildman–Crippen LogP) is 1.50. The van der Waals surface area contributed by atoms with Gasteiger partial charge in [-0.3, -0.25) is 0 Å². The van der Waals surface area contributed by atoms with E-state index in [1.54, 1.807) is 0 Å². The minimum atomic E-state index is -4.51. The first-order chi connectivity index (χ1) is 10.1. The molecule has 0 spiro atoms. The SMILES string of the molecule is CS(=O)(=O)C[C@@H](Oc1ccc(C(F)(F)F)nc1)[C@H]1CCNC1. The third kappa shape index (κ3) is 4.84. The van der Waals surface area contributed by atoms with Gasteiger partial charge in [-0.2, -0.15) is 13.2 Å². The number of pyridine rings is 1. The quantitative estimate of drug-likeness (QED) is 0.881. The lowest BCUT2D eigenvalue weighted by Gasteiger charge is -2.23. The number of nitrogens with zero attached hydrogens (tertiary/aromatic N) is 1. The maximum Gasteiger partial charge on any atom is 0.433 e. The lowest BCUT2D eigenvalue weighted by Crippen LogP contribution is -2.35. The van der Waals surface area contributed by atoms with Gasteiger partial charge in [0, 0.05) is 18.7 Å². The van der Waals surface area contributed by atoms with E-state index in [1.807, 2.05) is 0 Å². The molecule has 1 aliphatic heterocycles. The highest BCUT2D eigenvalue weighted by atomic mass is 32.2. The molecule has 0 amide bonds. The van der Waals surface area contributed by atoms with Crippen LogP contribution in [0.4, 0.5) is 13.2 Å². The van der Waals surface area contributed by atoms with E-state index >= 15 is 0 Å². The summed E-state index contributed by atoms with van der Waals surface area (Å²) in [5, 5.41) is 3.11.